The van der Waals surface area contributed by atoms with E-state index in [2.05, 4.69) is 22.0 Å². The monoisotopic (exact) mass is 448 g/mol. The van der Waals surface area contributed by atoms with Crippen LogP contribution in [0.4, 0.5) is 4.39 Å². The van der Waals surface area contributed by atoms with E-state index in [-0.39, 0.29) is 23.6 Å². The molecule has 2 aromatic carbocycles. The number of amides is 1. The number of hydrogen-bond acceptors (Lipinski definition) is 5. The minimum absolute atomic E-state index is 0.0379. The standard InChI is InChI=1S/C26H29FN4O2/c1-18-8-10-19(11-9-18)25-28-24(33-29-25)7-4-12-30-13-15-31(16-14-30)26(32)22-17-21(22)20-5-2-3-6-23(20)27/h2-3,5-6,8-11,21-22H,4,7,12-17H2,1H3/t21-,22+/m0/s1. The number of benzene rings is 2. The molecule has 0 N–H and O–H groups in total. The van der Waals surface area contributed by atoms with Gasteiger partial charge in [0.25, 0.3) is 0 Å². The average molecular weight is 449 g/mol. The van der Waals surface area contributed by atoms with Crippen LogP contribution >= 0.6 is 0 Å². The molecule has 3 aromatic rings. The van der Waals surface area contributed by atoms with Crippen LogP contribution in [0.25, 0.3) is 11.4 Å². The summed E-state index contributed by atoms with van der Waals surface area (Å²) in [5, 5.41) is 4.10. The summed E-state index contributed by atoms with van der Waals surface area (Å²) in [4.78, 5) is 21.7. The molecule has 1 saturated carbocycles. The van der Waals surface area contributed by atoms with Crippen molar-refractivity contribution in [1.29, 1.82) is 0 Å². The Morgan fingerprint density at radius 1 is 1.09 bits per heavy atom. The second kappa shape index (κ2) is 9.43. The highest BCUT2D eigenvalue weighted by Crippen LogP contribution is 2.49. The summed E-state index contributed by atoms with van der Waals surface area (Å²) in [5.41, 5.74) is 2.84. The molecule has 0 spiro atoms. The first-order valence-electron chi connectivity index (χ1n) is 11.7. The Labute approximate surface area is 193 Å². The number of rotatable bonds is 7. The van der Waals surface area contributed by atoms with Gasteiger partial charge in [-0.2, -0.15) is 4.98 Å². The second-order valence-electron chi connectivity index (χ2n) is 9.12. The van der Waals surface area contributed by atoms with Gasteiger partial charge < -0.3 is 9.42 Å². The zero-order valence-corrected chi connectivity index (χ0v) is 18.9. The van der Waals surface area contributed by atoms with Crippen LogP contribution in [0, 0.1) is 18.7 Å². The van der Waals surface area contributed by atoms with Crippen LogP contribution in [0.5, 0.6) is 0 Å². The van der Waals surface area contributed by atoms with Crippen molar-refractivity contribution in [1.82, 2.24) is 19.9 Å². The normalized spacial score (nSPS) is 20.7. The van der Waals surface area contributed by atoms with Gasteiger partial charge in [0.2, 0.25) is 17.6 Å². The molecule has 172 valence electrons. The van der Waals surface area contributed by atoms with Crippen molar-refractivity contribution in [3.8, 4) is 11.4 Å². The minimum Gasteiger partial charge on any atom is -0.340 e. The minimum atomic E-state index is -0.199. The summed E-state index contributed by atoms with van der Waals surface area (Å²) in [5.74, 6) is 1.25. The van der Waals surface area contributed by atoms with Crippen LogP contribution in [-0.4, -0.2) is 58.6 Å². The van der Waals surface area contributed by atoms with Gasteiger partial charge in [-0.1, -0.05) is 53.2 Å². The fraction of sp³-hybridized carbons (Fsp3) is 0.423. The van der Waals surface area contributed by atoms with Gasteiger partial charge in [-0.3, -0.25) is 9.69 Å². The Hall–Kier alpha value is -3.06. The van der Waals surface area contributed by atoms with Crippen molar-refractivity contribution >= 4 is 5.91 Å². The number of aryl methyl sites for hydroxylation is 2. The lowest BCUT2D eigenvalue weighted by Crippen LogP contribution is -2.49. The lowest BCUT2D eigenvalue weighted by atomic mass is 10.1. The van der Waals surface area contributed by atoms with Crippen molar-refractivity contribution in [2.24, 2.45) is 5.92 Å². The van der Waals surface area contributed by atoms with E-state index in [0.29, 0.717) is 17.3 Å². The van der Waals surface area contributed by atoms with E-state index >= 15 is 0 Å². The SMILES string of the molecule is Cc1ccc(-c2noc(CCCN3CCN(C(=O)[C@@H]4C[C@H]4c4ccccc4F)CC3)n2)cc1. The topological polar surface area (TPSA) is 62.5 Å². The molecule has 2 fully saturated rings. The van der Waals surface area contributed by atoms with Gasteiger partial charge in [-0.05, 0) is 43.9 Å². The summed E-state index contributed by atoms with van der Waals surface area (Å²) in [6, 6.07) is 14.9. The Morgan fingerprint density at radius 3 is 2.61 bits per heavy atom. The lowest BCUT2D eigenvalue weighted by Gasteiger charge is -2.35. The first kappa shape index (κ1) is 21.8. The van der Waals surface area contributed by atoms with Crippen LogP contribution in [0.3, 0.4) is 0 Å². The van der Waals surface area contributed by atoms with E-state index in [4.69, 9.17) is 4.52 Å². The van der Waals surface area contributed by atoms with Crippen LogP contribution in [0.15, 0.2) is 53.1 Å². The molecule has 1 aliphatic heterocycles. The van der Waals surface area contributed by atoms with Gasteiger partial charge >= 0.3 is 0 Å². The molecule has 0 bridgehead atoms. The van der Waals surface area contributed by atoms with Crippen LogP contribution in [-0.2, 0) is 11.2 Å². The summed E-state index contributed by atoms with van der Waals surface area (Å²) in [6.07, 6.45) is 2.43. The second-order valence-corrected chi connectivity index (χ2v) is 9.12. The number of carbonyl (C=O) groups is 1. The number of piperazine rings is 1. The summed E-state index contributed by atoms with van der Waals surface area (Å²) < 4.78 is 19.4. The van der Waals surface area contributed by atoms with Crippen molar-refractivity contribution in [3.05, 3.63) is 71.4 Å². The van der Waals surface area contributed by atoms with E-state index in [1.54, 1.807) is 12.1 Å². The number of aromatic nitrogens is 2. The van der Waals surface area contributed by atoms with Crippen LogP contribution in [0.1, 0.15) is 35.8 Å². The fourth-order valence-electron chi connectivity index (χ4n) is 4.64. The van der Waals surface area contributed by atoms with Crippen LogP contribution < -0.4 is 0 Å². The van der Waals surface area contributed by atoms with E-state index in [0.717, 1.165) is 57.5 Å². The third-order valence-corrected chi connectivity index (χ3v) is 6.74. The molecular formula is C26H29FN4O2. The predicted octanol–water partition coefficient (Wildman–Crippen LogP) is 4.06. The Balaban J connectivity index is 1.04. The molecule has 7 heteroatoms. The molecule has 6 nitrogen and oxygen atoms in total. The first-order chi connectivity index (χ1) is 16.1. The van der Waals surface area contributed by atoms with Gasteiger partial charge in [-0.15, -0.1) is 0 Å². The molecule has 2 heterocycles. The maximum atomic E-state index is 14.0. The van der Waals surface area contributed by atoms with Gasteiger partial charge in [0.15, 0.2) is 0 Å². The van der Waals surface area contributed by atoms with Crippen LogP contribution in [0.2, 0.25) is 0 Å². The summed E-state index contributed by atoms with van der Waals surface area (Å²) in [7, 11) is 0. The van der Waals surface area contributed by atoms with Gasteiger partial charge in [0.05, 0.1) is 0 Å². The third kappa shape index (κ3) is 4.98. The van der Waals surface area contributed by atoms with Crippen molar-refractivity contribution in [3.63, 3.8) is 0 Å². The summed E-state index contributed by atoms with van der Waals surface area (Å²) in [6.45, 7) is 6.18. The smallest absolute Gasteiger partial charge is 0.227 e. The molecule has 33 heavy (non-hydrogen) atoms. The highest BCUT2D eigenvalue weighted by Gasteiger charge is 2.47. The molecular weight excluding hydrogens is 419 g/mol. The van der Waals surface area contributed by atoms with E-state index in [1.165, 1.54) is 11.6 Å². The quantitative estimate of drug-likeness (QED) is 0.545. The third-order valence-electron chi connectivity index (χ3n) is 6.74. The molecule has 1 saturated heterocycles. The predicted molar refractivity (Wildman–Crippen MR) is 123 cm³/mol. The van der Waals surface area contributed by atoms with E-state index in [9.17, 15) is 9.18 Å². The van der Waals surface area contributed by atoms with Gasteiger partial charge in [-0.25, -0.2) is 4.39 Å². The number of halogens is 1. The average Bonchev–Trinajstić information content (AvgIpc) is 3.49. The van der Waals surface area contributed by atoms with Crippen molar-refractivity contribution < 1.29 is 13.7 Å². The first-order valence-corrected chi connectivity index (χ1v) is 11.7. The molecule has 1 aliphatic carbocycles. The molecule has 5 rings (SSSR count). The maximum Gasteiger partial charge on any atom is 0.227 e. The van der Waals surface area contributed by atoms with E-state index < -0.39 is 0 Å². The molecule has 1 aromatic heterocycles. The molecule has 2 atom stereocenters. The molecule has 1 amide bonds. The van der Waals surface area contributed by atoms with Gasteiger partial charge in [0.1, 0.15) is 5.82 Å². The molecule has 0 radical (unpaired) electrons. The highest BCUT2D eigenvalue weighted by molar-refractivity contribution is 5.83. The number of nitrogens with zero attached hydrogens (tertiary/aromatic N) is 4. The van der Waals surface area contributed by atoms with Crippen molar-refractivity contribution in [2.75, 3.05) is 32.7 Å². The zero-order valence-electron chi connectivity index (χ0n) is 18.9. The Morgan fingerprint density at radius 2 is 1.85 bits per heavy atom. The zero-order chi connectivity index (χ0) is 22.8. The Kier molecular flexibility index (Phi) is 6.22. The number of carbonyl (C=O) groups excluding carboxylic acids is 1. The fourth-order valence-corrected chi connectivity index (χ4v) is 4.64. The molecule has 2 aliphatic rings. The largest absolute Gasteiger partial charge is 0.340 e. The number of hydrogen-bond donors (Lipinski definition) is 0. The maximum absolute atomic E-state index is 14.0. The lowest BCUT2D eigenvalue weighted by molar-refractivity contribution is -0.134. The highest BCUT2D eigenvalue weighted by atomic mass is 19.1. The van der Waals surface area contributed by atoms with E-state index in [1.807, 2.05) is 35.2 Å². The Bertz CT molecular complexity index is 1110. The van der Waals surface area contributed by atoms with Crippen molar-refractivity contribution in [2.45, 2.75) is 32.1 Å². The van der Waals surface area contributed by atoms with Gasteiger partial charge in [0, 0.05) is 44.1 Å². The molecule has 0 unspecified atom stereocenters. The summed E-state index contributed by atoms with van der Waals surface area (Å²) >= 11 is 0.